The van der Waals surface area contributed by atoms with Gasteiger partial charge >= 0.3 is 5.97 Å². The molecule has 1 fully saturated rings. The lowest BCUT2D eigenvalue weighted by atomic mass is 9.89. The van der Waals surface area contributed by atoms with Crippen molar-refractivity contribution >= 4 is 16.0 Å². The fraction of sp³-hybridized carbons (Fsp3) is 0.667. The molecule has 0 unspecified atom stereocenters. The van der Waals surface area contributed by atoms with Crippen LogP contribution in [0, 0.1) is 19.3 Å². The summed E-state index contributed by atoms with van der Waals surface area (Å²) in [5.41, 5.74) is 0.417. The molecule has 0 bridgehead atoms. The number of aliphatic carboxylic acids is 1. The van der Waals surface area contributed by atoms with Crippen LogP contribution in [-0.2, 0) is 26.1 Å². The summed E-state index contributed by atoms with van der Waals surface area (Å²) in [5.74, 6) is -1.07. The van der Waals surface area contributed by atoms with Crippen LogP contribution in [0.4, 0.5) is 0 Å². The zero-order valence-corrected chi connectivity index (χ0v) is 13.0. The van der Waals surface area contributed by atoms with Gasteiger partial charge in [-0.05, 0) is 13.8 Å². The SMILES string of the molecule is Cc1nn(CC(=O)O)c(C)c1S(=O)(=O)NCC1(C)COC1. The summed E-state index contributed by atoms with van der Waals surface area (Å²) in [6.07, 6.45) is 0. The molecule has 1 aliphatic heterocycles. The standard InChI is InChI=1S/C12H19N3O5S/c1-8-11(9(2)15(14-8)4-10(16)17)21(18,19)13-5-12(3)6-20-7-12/h13H,4-7H2,1-3H3,(H,16,17). The summed E-state index contributed by atoms with van der Waals surface area (Å²) in [5, 5.41) is 12.8. The van der Waals surface area contributed by atoms with Gasteiger partial charge in [0.1, 0.15) is 11.4 Å². The van der Waals surface area contributed by atoms with Crippen LogP contribution in [-0.4, -0.2) is 49.0 Å². The molecule has 9 heteroatoms. The minimum Gasteiger partial charge on any atom is -0.480 e. The van der Waals surface area contributed by atoms with Crippen LogP contribution in [0.1, 0.15) is 18.3 Å². The highest BCUT2D eigenvalue weighted by Gasteiger charge is 2.35. The number of aryl methyl sites for hydroxylation is 1. The quantitative estimate of drug-likeness (QED) is 0.758. The fourth-order valence-electron chi connectivity index (χ4n) is 2.25. The Bertz CT molecular complexity index is 661. The van der Waals surface area contributed by atoms with E-state index in [0.29, 0.717) is 18.9 Å². The normalized spacial score (nSPS) is 17.5. The molecule has 2 rings (SSSR count). The Morgan fingerprint density at radius 2 is 2.10 bits per heavy atom. The number of ether oxygens (including phenoxy) is 1. The lowest BCUT2D eigenvalue weighted by Gasteiger charge is -2.37. The van der Waals surface area contributed by atoms with E-state index in [4.69, 9.17) is 9.84 Å². The molecule has 118 valence electrons. The first kappa shape index (κ1) is 15.9. The van der Waals surface area contributed by atoms with Crippen LogP contribution >= 0.6 is 0 Å². The molecule has 0 aromatic carbocycles. The van der Waals surface area contributed by atoms with Gasteiger partial charge in [-0.2, -0.15) is 5.10 Å². The van der Waals surface area contributed by atoms with E-state index in [1.165, 1.54) is 4.68 Å². The third-order valence-corrected chi connectivity index (χ3v) is 5.11. The van der Waals surface area contributed by atoms with E-state index in [1.54, 1.807) is 13.8 Å². The number of carbonyl (C=O) groups is 1. The summed E-state index contributed by atoms with van der Waals surface area (Å²) in [7, 11) is -3.73. The topological polar surface area (TPSA) is 111 Å². The zero-order chi connectivity index (χ0) is 15.8. The number of sulfonamides is 1. The third-order valence-electron chi connectivity index (χ3n) is 3.46. The van der Waals surface area contributed by atoms with E-state index < -0.39 is 16.0 Å². The Labute approximate surface area is 123 Å². The highest BCUT2D eigenvalue weighted by molar-refractivity contribution is 7.89. The van der Waals surface area contributed by atoms with Crippen LogP contribution in [0.3, 0.4) is 0 Å². The number of rotatable bonds is 6. The summed E-state index contributed by atoms with van der Waals surface area (Å²) >= 11 is 0. The smallest absolute Gasteiger partial charge is 0.325 e. The lowest BCUT2D eigenvalue weighted by Crippen LogP contribution is -2.48. The predicted octanol–water partition coefficient (Wildman–Crippen LogP) is -0.101. The van der Waals surface area contributed by atoms with E-state index in [-0.39, 0.29) is 29.1 Å². The number of hydrogen-bond acceptors (Lipinski definition) is 5. The van der Waals surface area contributed by atoms with Crippen LogP contribution in [0.5, 0.6) is 0 Å². The van der Waals surface area contributed by atoms with Gasteiger partial charge in [-0.1, -0.05) is 6.92 Å². The van der Waals surface area contributed by atoms with Crippen molar-refractivity contribution in [1.29, 1.82) is 0 Å². The second-order valence-electron chi connectivity index (χ2n) is 5.68. The van der Waals surface area contributed by atoms with Gasteiger partial charge in [-0.15, -0.1) is 0 Å². The molecular formula is C12H19N3O5S. The van der Waals surface area contributed by atoms with Crippen LogP contribution in [0.2, 0.25) is 0 Å². The van der Waals surface area contributed by atoms with Crippen molar-refractivity contribution in [1.82, 2.24) is 14.5 Å². The van der Waals surface area contributed by atoms with Crippen molar-refractivity contribution < 1.29 is 23.1 Å². The highest BCUT2D eigenvalue weighted by atomic mass is 32.2. The van der Waals surface area contributed by atoms with Gasteiger partial charge in [0.2, 0.25) is 10.0 Å². The summed E-state index contributed by atoms with van der Waals surface area (Å²) in [6, 6.07) is 0. The van der Waals surface area contributed by atoms with Crippen LogP contribution < -0.4 is 4.72 Å². The molecule has 0 aliphatic carbocycles. The average Bonchev–Trinajstić information content (AvgIpc) is 2.59. The molecule has 0 amide bonds. The Hall–Kier alpha value is -1.45. The van der Waals surface area contributed by atoms with Crippen molar-refractivity contribution in [3.63, 3.8) is 0 Å². The first-order chi connectivity index (χ1) is 9.65. The molecule has 0 saturated carbocycles. The molecule has 0 radical (unpaired) electrons. The molecule has 0 spiro atoms. The van der Waals surface area contributed by atoms with Gasteiger partial charge in [0, 0.05) is 12.0 Å². The molecule has 1 saturated heterocycles. The Kier molecular flexibility index (Phi) is 4.09. The summed E-state index contributed by atoms with van der Waals surface area (Å²) < 4.78 is 33.6. The monoisotopic (exact) mass is 317 g/mol. The largest absolute Gasteiger partial charge is 0.480 e. The van der Waals surface area contributed by atoms with Gasteiger partial charge in [-0.3, -0.25) is 9.48 Å². The van der Waals surface area contributed by atoms with E-state index in [1.807, 2.05) is 6.92 Å². The second-order valence-corrected chi connectivity index (χ2v) is 7.38. The number of aromatic nitrogens is 2. The second kappa shape index (κ2) is 5.39. The molecule has 1 aromatic rings. The van der Waals surface area contributed by atoms with Crippen molar-refractivity contribution in [3.8, 4) is 0 Å². The van der Waals surface area contributed by atoms with Gasteiger partial charge in [0.05, 0.1) is 24.6 Å². The van der Waals surface area contributed by atoms with Crippen molar-refractivity contribution in [2.75, 3.05) is 19.8 Å². The maximum Gasteiger partial charge on any atom is 0.325 e. The molecule has 1 aromatic heterocycles. The number of hydrogen-bond donors (Lipinski definition) is 2. The highest BCUT2D eigenvalue weighted by Crippen LogP contribution is 2.26. The zero-order valence-electron chi connectivity index (χ0n) is 12.2. The molecule has 8 nitrogen and oxygen atoms in total. The van der Waals surface area contributed by atoms with E-state index in [9.17, 15) is 13.2 Å². The molecular weight excluding hydrogens is 298 g/mol. The van der Waals surface area contributed by atoms with E-state index in [2.05, 4.69) is 9.82 Å². The minimum absolute atomic E-state index is 0.0487. The first-order valence-electron chi connectivity index (χ1n) is 6.48. The number of carboxylic acid groups (broad SMARTS) is 1. The van der Waals surface area contributed by atoms with Crippen molar-refractivity contribution in [3.05, 3.63) is 11.4 Å². The third kappa shape index (κ3) is 3.25. The van der Waals surface area contributed by atoms with Crippen LogP contribution in [0.25, 0.3) is 0 Å². The van der Waals surface area contributed by atoms with Crippen molar-refractivity contribution in [2.45, 2.75) is 32.2 Å². The lowest BCUT2D eigenvalue weighted by molar-refractivity contribution is -0.137. The Balaban J connectivity index is 2.23. The predicted molar refractivity (Wildman–Crippen MR) is 73.5 cm³/mol. The molecule has 0 atom stereocenters. The minimum atomic E-state index is -3.73. The molecule has 1 aliphatic rings. The number of nitrogens with one attached hydrogen (secondary N) is 1. The van der Waals surface area contributed by atoms with Crippen LogP contribution in [0.15, 0.2) is 4.90 Å². The maximum atomic E-state index is 12.4. The fourth-order valence-corrected chi connectivity index (χ4v) is 3.85. The average molecular weight is 317 g/mol. The van der Waals surface area contributed by atoms with E-state index >= 15 is 0 Å². The number of carboxylic acids is 1. The Morgan fingerprint density at radius 1 is 1.48 bits per heavy atom. The van der Waals surface area contributed by atoms with Gasteiger partial charge in [0.15, 0.2) is 0 Å². The first-order valence-corrected chi connectivity index (χ1v) is 7.96. The van der Waals surface area contributed by atoms with E-state index in [0.717, 1.165) is 0 Å². The number of nitrogens with zero attached hydrogens (tertiary/aromatic N) is 2. The maximum absolute atomic E-state index is 12.4. The van der Waals surface area contributed by atoms with Gasteiger partial charge in [-0.25, -0.2) is 13.1 Å². The Morgan fingerprint density at radius 3 is 2.57 bits per heavy atom. The summed E-state index contributed by atoms with van der Waals surface area (Å²) in [6.45, 7) is 5.98. The van der Waals surface area contributed by atoms with Gasteiger partial charge < -0.3 is 9.84 Å². The summed E-state index contributed by atoms with van der Waals surface area (Å²) in [4.78, 5) is 10.8. The molecule has 21 heavy (non-hydrogen) atoms. The molecule has 2 N–H and O–H groups in total. The van der Waals surface area contributed by atoms with Gasteiger partial charge in [0.25, 0.3) is 0 Å². The van der Waals surface area contributed by atoms with Crippen molar-refractivity contribution in [2.24, 2.45) is 5.41 Å². The molecule has 2 heterocycles.